The first-order valence-electron chi connectivity index (χ1n) is 4.90. The zero-order valence-electron chi connectivity index (χ0n) is 8.58. The molecule has 0 N–H and O–H groups in total. The Balaban J connectivity index is 2.12. The molecule has 0 amide bonds. The first-order chi connectivity index (χ1) is 7.86. The van der Waals surface area contributed by atoms with Gasteiger partial charge in [-0.2, -0.15) is 0 Å². The highest BCUT2D eigenvalue weighted by atomic mass is 16.1. The van der Waals surface area contributed by atoms with Crippen molar-refractivity contribution in [2.45, 2.75) is 0 Å². The zero-order valence-corrected chi connectivity index (χ0v) is 8.58. The average molecular weight is 210 g/mol. The van der Waals surface area contributed by atoms with E-state index in [-0.39, 0.29) is 5.78 Å². The van der Waals surface area contributed by atoms with E-state index in [1.807, 2.05) is 18.2 Å². The maximum Gasteiger partial charge on any atom is 0.187 e. The highest BCUT2D eigenvalue weighted by molar-refractivity contribution is 6.06. The highest BCUT2D eigenvalue weighted by Gasteiger charge is 1.99. The summed E-state index contributed by atoms with van der Waals surface area (Å²) < 4.78 is 0. The summed E-state index contributed by atoms with van der Waals surface area (Å²) in [7, 11) is 0. The Hall–Kier alpha value is -2.29. The summed E-state index contributed by atoms with van der Waals surface area (Å²) in [4.78, 5) is 19.6. The number of nitrogens with zero attached hydrogens (tertiary/aromatic N) is 2. The van der Waals surface area contributed by atoms with Gasteiger partial charge in [0.05, 0.1) is 5.69 Å². The lowest BCUT2D eigenvalue weighted by Crippen LogP contribution is -1.94. The van der Waals surface area contributed by atoms with E-state index in [0.29, 0.717) is 5.56 Å². The van der Waals surface area contributed by atoms with Gasteiger partial charge in [0.15, 0.2) is 5.78 Å². The van der Waals surface area contributed by atoms with Gasteiger partial charge in [-0.15, -0.1) is 0 Å². The summed E-state index contributed by atoms with van der Waals surface area (Å²) in [6, 6.07) is 9.02. The fraction of sp³-hybridized carbons (Fsp3) is 0. The van der Waals surface area contributed by atoms with Crippen LogP contribution in [0.15, 0.2) is 55.0 Å². The van der Waals surface area contributed by atoms with Crippen molar-refractivity contribution in [3.63, 3.8) is 0 Å². The van der Waals surface area contributed by atoms with Gasteiger partial charge >= 0.3 is 0 Å². The molecule has 0 saturated heterocycles. The summed E-state index contributed by atoms with van der Waals surface area (Å²) in [6.45, 7) is 0. The molecule has 0 bridgehead atoms. The second kappa shape index (κ2) is 4.98. The van der Waals surface area contributed by atoms with Crippen LogP contribution in [0.2, 0.25) is 0 Å². The Labute approximate surface area is 93.5 Å². The van der Waals surface area contributed by atoms with E-state index >= 15 is 0 Å². The van der Waals surface area contributed by atoms with Crippen molar-refractivity contribution in [1.29, 1.82) is 0 Å². The van der Waals surface area contributed by atoms with Crippen LogP contribution in [0.4, 0.5) is 0 Å². The van der Waals surface area contributed by atoms with Gasteiger partial charge in [0.2, 0.25) is 0 Å². The normalized spacial score (nSPS) is 10.5. The minimum absolute atomic E-state index is 0.0706. The van der Waals surface area contributed by atoms with Crippen LogP contribution in [0.3, 0.4) is 0 Å². The molecule has 0 fully saturated rings. The Morgan fingerprint density at radius 2 is 2.06 bits per heavy atom. The van der Waals surface area contributed by atoms with Gasteiger partial charge in [0, 0.05) is 24.2 Å². The number of carbonyl (C=O) groups is 1. The minimum Gasteiger partial charge on any atom is -0.289 e. The van der Waals surface area contributed by atoms with Gasteiger partial charge in [-0.3, -0.25) is 14.8 Å². The Kier molecular flexibility index (Phi) is 3.18. The third-order valence-electron chi connectivity index (χ3n) is 2.04. The first kappa shape index (κ1) is 10.2. The van der Waals surface area contributed by atoms with Crippen LogP contribution in [-0.2, 0) is 0 Å². The van der Waals surface area contributed by atoms with E-state index in [2.05, 4.69) is 9.97 Å². The molecule has 3 heteroatoms. The van der Waals surface area contributed by atoms with Crippen molar-refractivity contribution in [3.05, 3.63) is 66.3 Å². The standard InChI is InChI=1S/C13H10N2O/c16-13(11-4-3-8-14-10-11)7-6-12-5-1-2-9-15-12/h1-10H. The molecule has 3 nitrogen and oxygen atoms in total. The molecule has 0 aliphatic rings. The number of hydrogen-bond acceptors (Lipinski definition) is 3. The molecular weight excluding hydrogens is 200 g/mol. The SMILES string of the molecule is O=C(C=Cc1ccccn1)c1cccnc1. The van der Waals surface area contributed by atoms with E-state index in [9.17, 15) is 4.79 Å². The number of aromatic nitrogens is 2. The molecule has 0 unspecified atom stereocenters. The maximum absolute atomic E-state index is 11.7. The number of hydrogen-bond donors (Lipinski definition) is 0. The number of pyridine rings is 2. The molecule has 0 aliphatic heterocycles. The van der Waals surface area contributed by atoms with Crippen molar-refractivity contribution >= 4 is 11.9 Å². The Bertz CT molecular complexity index is 492. The van der Waals surface area contributed by atoms with E-state index < -0.39 is 0 Å². The summed E-state index contributed by atoms with van der Waals surface area (Å²) in [5.74, 6) is -0.0706. The molecular formula is C13H10N2O. The number of allylic oxidation sites excluding steroid dienone is 1. The summed E-state index contributed by atoms with van der Waals surface area (Å²) in [6.07, 6.45) is 8.06. The monoisotopic (exact) mass is 210 g/mol. The van der Waals surface area contributed by atoms with Gasteiger partial charge in [-0.25, -0.2) is 0 Å². The van der Waals surface area contributed by atoms with Gasteiger partial charge in [0.1, 0.15) is 0 Å². The molecule has 0 radical (unpaired) electrons. The van der Waals surface area contributed by atoms with Crippen LogP contribution in [-0.4, -0.2) is 15.8 Å². The van der Waals surface area contributed by atoms with Crippen molar-refractivity contribution in [3.8, 4) is 0 Å². The highest BCUT2D eigenvalue weighted by Crippen LogP contribution is 2.02. The van der Waals surface area contributed by atoms with Crippen molar-refractivity contribution in [1.82, 2.24) is 9.97 Å². The summed E-state index contributed by atoms with van der Waals surface area (Å²) in [5, 5.41) is 0. The largest absolute Gasteiger partial charge is 0.289 e. The van der Waals surface area contributed by atoms with Crippen LogP contribution in [0.5, 0.6) is 0 Å². The third-order valence-corrected chi connectivity index (χ3v) is 2.04. The predicted octanol–water partition coefficient (Wildman–Crippen LogP) is 2.37. The van der Waals surface area contributed by atoms with Gasteiger partial charge in [0.25, 0.3) is 0 Å². The van der Waals surface area contributed by atoms with Crippen molar-refractivity contribution in [2.75, 3.05) is 0 Å². The molecule has 2 aromatic heterocycles. The number of carbonyl (C=O) groups excluding carboxylic acids is 1. The van der Waals surface area contributed by atoms with Crippen molar-refractivity contribution in [2.24, 2.45) is 0 Å². The van der Waals surface area contributed by atoms with E-state index in [0.717, 1.165) is 5.69 Å². The fourth-order valence-electron chi connectivity index (χ4n) is 1.24. The second-order valence-corrected chi connectivity index (χ2v) is 3.19. The zero-order chi connectivity index (χ0) is 11.2. The molecule has 2 rings (SSSR count). The van der Waals surface area contributed by atoms with E-state index in [1.165, 1.54) is 6.08 Å². The Morgan fingerprint density at radius 1 is 1.12 bits per heavy atom. The lowest BCUT2D eigenvalue weighted by Gasteiger charge is -1.93. The van der Waals surface area contributed by atoms with Crippen LogP contribution in [0, 0.1) is 0 Å². The van der Waals surface area contributed by atoms with Gasteiger partial charge in [-0.05, 0) is 36.4 Å². The topological polar surface area (TPSA) is 42.9 Å². The average Bonchev–Trinajstić information content (AvgIpc) is 2.38. The molecule has 78 valence electrons. The molecule has 16 heavy (non-hydrogen) atoms. The molecule has 0 spiro atoms. The molecule has 2 heterocycles. The minimum atomic E-state index is -0.0706. The maximum atomic E-state index is 11.7. The fourth-order valence-corrected chi connectivity index (χ4v) is 1.24. The van der Waals surface area contributed by atoms with Gasteiger partial charge in [-0.1, -0.05) is 6.07 Å². The third kappa shape index (κ3) is 2.60. The summed E-state index contributed by atoms with van der Waals surface area (Å²) >= 11 is 0. The van der Waals surface area contributed by atoms with Crippen molar-refractivity contribution < 1.29 is 4.79 Å². The number of rotatable bonds is 3. The van der Waals surface area contributed by atoms with E-state index in [1.54, 1.807) is 36.8 Å². The van der Waals surface area contributed by atoms with Crippen LogP contribution >= 0.6 is 0 Å². The molecule has 0 aliphatic carbocycles. The Morgan fingerprint density at radius 3 is 2.75 bits per heavy atom. The quantitative estimate of drug-likeness (QED) is 0.577. The predicted molar refractivity (Wildman–Crippen MR) is 61.8 cm³/mol. The summed E-state index contributed by atoms with van der Waals surface area (Å²) in [5.41, 5.74) is 1.34. The smallest absolute Gasteiger partial charge is 0.187 e. The van der Waals surface area contributed by atoms with Crippen LogP contribution < -0.4 is 0 Å². The number of ketones is 1. The van der Waals surface area contributed by atoms with Gasteiger partial charge < -0.3 is 0 Å². The molecule has 2 aromatic rings. The van der Waals surface area contributed by atoms with E-state index in [4.69, 9.17) is 0 Å². The molecule has 0 aromatic carbocycles. The van der Waals surface area contributed by atoms with Crippen LogP contribution in [0.1, 0.15) is 16.1 Å². The lowest BCUT2D eigenvalue weighted by molar-refractivity contribution is 0.104. The second-order valence-electron chi connectivity index (χ2n) is 3.19. The molecule has 0 saturated carbocycles. The first-order valence-corrected chi connectivity index (χ1v) is 4.90. The molecule has 0 atom stereocenters. The lowest BCUT2D eigenvalue weighted by atomic mass is 10.2. The van der Waals surface area contributed by atoms with Crippen LogP contribution in [0.25, 0.3) is 6.08 Å².